The summed E-state index contributed by atoms with van der Waals surface area (Å²) >= 11 is 0. The van der Waals surface area contributed by atoms with Gasteiger partial charge in [0.15, 0.2) is 0 Å². The second-order valence-electron chi connectivity index (χ2n) is 6.68. The van der Waals surface area contributed by atoms with Gasteiger partial charge in [-0.25, -0.2) is 0 Å². The average molecular weight is 366 g/mol. The Morgan fingerprint density at radius 2 is 1.37 bits per heavy atom. The molecule has 0 bridgehead atoms. The van der Waals surface area contributed by atoms with Crippen LogP contribution in [0, 0.1) is 0 Å². The summed E-state index contributed by atoms with van der Waals surface area (Å²) in [5, 5.41) is 5.28. The molecule has 3 rings (SSSR count). The Labute approximate surface area is 160 Å². The molecule has 2 amide bonds. The molecular weight excluding hydrogens is 340 g/mol. The van der Waals surface area contributed by atoms with E-state index >= 15 is 0 Å². The van der Waals surface area contributed by atoms with E-state index in [4.69, 9.17) is 0 Å². The van der Waals surface area contributed by atoms with Crippen LogP contribution in [0.2, 0.25) is 0 Å². The van der Waals surface area contributed by atoms with E-state index in [0.29, 0.717) is 12.2 Å². The molecule has 1 heterocycles. The molecule has 2 N–H and O–H groups in total. The number of carbonyl (C=O) groups is 2. The van der Waals surface area contributed by atoms with Gasteiger partial charge in [-0.05, 0) is 17.7 Å². The van der Waals surface area contributed by atoms with Crippen molar-refractivity contribution in [1.29, 1.82) is 0 Å². The fourth-order valence-corrected chi connectivity index (χ4v) is 3.13. The third-order valence-corrected chi connectivity index (χ3v) is 4.67. The number of para-hydroxylation sites is 1. The second-order valence-corrected chi connectivity index (χ2v) is 6.68. The van der Waals surface area contributed by atoms with Crippen LogP contribution < -0.4 is 10.6 Å². The van der Waals surface area contributed by atoms with E-state index < -0.39 is 11.8 Å². The largest absolute Gasteiger partial charge is 0.347 e. The highest BCUT2D eigenvalue weighted by Crippen LogP contribution is 2.08. The van der Waals surface area contributed by atoms with E-state index in [1.807, 2.05) is 24.3 Å². The summed E-state index contributed by atoms with van der Waals surface area (Å²) in [7, 11) is 0. The molecule has 2 aromatic carbocycles. The number of hydrogen-bond acceptors (Lipinski definition) is 4. The second kappa shape index (κ2) is 9.85. The van der Waals surface area contributed by atoms with E-state index in [9.17, 15) is 9.59 Å². The molecule has 0 spiro atoms. The predicted molar refractivity (Wildman–Crippen MR) is 106 cm³/mol. The Hall–Kier alpha value is -2.70. The number of carbonyl (C=O) groups excluding carboxylic acids is 2. The van der Waals surface area contributed by atoms with E-state index in [-0.39, 0.29) is 0 Å². The smallest absolute Gasteiger partial charge is 0.313 e. The zero-order chi connectivity index (χ0) is 18.9. The van der Waals surface area contributed by atoms with Gasteiger partial charge >= 0.3 is 11.8 Å². The SMILES string of the molecule is O=C(NCCN1CCN(Cc2ccccc2)CC1)C(=O)Nc1ccccc1. The average Bonchev–Trinajstić information content (AvgIpc) is 2.71. The zero-order valence-corrected chi connectivity index (χ0v) is 15.4. The molecule has 0 aromatic heterocycles. The summed E-state index contributed by atoms with van der Waals surface area (Å²) in [6.45, 7) is 6.17. The first-order chi connectivity index (χ1) is 13.2. The van der Waals surface area contributed by atoms with Gasteiger partial charge in [-0.3, -0.25) is 19.4 Å². The van der Waals surface area contributed by atoms with Gasteiger partial charge in [0, 0.05) is 51.5 Å². The lowest BCUT2D eigenvalue weighted by atomic mass is 10.2. The number of anilines is 1. The van der Waals surface area contributed by atoms with Crippen molar-refractivity contribution in [2.45, 2.75) is 6.54 Å². The number of nitrogens with zero attached hydrogens (tertiary/aromatic N) is 2. The molecule has 0 atom stereocenters. The van der Waals surface area contributed by atoms with Gasteiger partial charge in [0.2, 0.25) is 0 Å². The number of benzene rings is 2. The van der Waals surface area contributed by atoms with E-state index in [1.165, 1.54) is 5.56 Å². The van der Waals surface area contributed by atoms with Gasteiger partial charge in [-0.15, -0.1) is 0 Å². The highest BCUT2D eigenvalue weighted by atomic mass is 16.2. The lowest BCUT2D eigenvalue weighted by molar-refractivity contribution is -0.136. The first-order valence-electron chi connectivity index (χ1n) is 9.33. The molecule has 27 heavy (non-hydrogen) atoms. The summed E-state index contributed by atoms with van der Waals surface area (Å²) in [4.78, 5) is 28.5. The van der Waals surface area contributed by atoms with Crippen molar-refractivity contribution in [3.63, 3.8) is 0 Å². The maximum Gasteiger partial charge on any atom is 0.313 e. The minimum absolute atomic E-state index is 0.472. The molecule has 1 saturated heterocycles. The van der Waals surface area contributed by atoms with Crippen LogP contribution >= 0.6 is 0 Å². The molecule has 2 aromatic rings. The van der Waals surface area contributed by atoms with Gasteiger partial charge in [-0.2, -0.15) is 0 Å². The van der Waals surface area contributed by atoms with Gasteiger partial charge in [0.05, 0.1) is 0 Å². The Bertz CT molecular complexity index is 728. The molecule has 1 aliphatic heterocycles. The first kappa shape index (κ1) is 19.1. The number of rotatable bonds is 6. The molecule has 0 unspecified atom stereocenters. The van der Waals surface area contributed by atoms with E-state index in [1.54, 1.807) is 12.1 Å². The molecule has 1 fully saturated rings. The van der Waals surface area contributed by atoms with Crippen molar-refractivity contribution < 1.29 is 9.59 Å². The third-order valence-electron chi connectivity index (χ3n) is 4.67. The topological polar surface area (TPSA) is 64.7 Å². The summed E-state index contributed by atoms with van der Waals surface area (Å²) in [5.74, 6) is -1.23. The highest BCUT2D eigenvalue weighted by molar-refractivity contribution is 6.39. The Balaban J connectivity index is 1.32. The van der Waals surface area contributed by atoms with Crippen molar-refractivity contribution in [3.05, 3.63) is 66.2 Å². The normalized spacial score (nSPS) is 15.3. The molecule has 1 aliphatic rings. The molecule has 6 nitrogen and oxygen atoms in total. The molecule has 6 heteroatoms. The molecular formula is C21H26N4O2. The Morgan fingerprint density at radius 1 is 0.778 bits per heavy atom. The molecule has 142 valence electrons. The third kappa shape index (κ3) is 6.20. The first-order valence-corrected chi connectivity index (χ1v) is 9.33. The zero-order valence-electron chi connectivity index (χ0n) is 15.4. The highest BCUT2D eigenvalue weighted by Gasteiger charge is 2.18. The Morgan fingerprint density at radius 3 is 2.04 bits per heavy atom. The molecule has 0 saturated carbocycles. The van der Waals surface area contributed by atoms with Crippen LogP contribution in [0.3, 0.4) is 0 Å². The summed E-state index contributed by atoms with van der Waals surface area (Å²) < 4.78 is 0. The maximum absolute atomic E-state index is 11.9. The van der Waals surface area contributed by atoms with Crippen LogP contribution in [-0.2, 0) is 16.1 Å². The van der Waals surface area contributed by atoms with Crippen LogP contribution in [-0.4, -0.2) is 60.9 Å². The Kier molecular flexibility index (Phi) is 6.96. The van der Waals surface area contributed by atoms with Gasteiger partial charge < -0.3 is 10.6 Å². The fourth-order valence-electron chi connectivity index (χ4n) is 3.13. The fraction of sp³-hybridized carbons (Fsp3) is 0.333. The minimum atomic E-state index is -0.631. The van der Waals surface area contributed by atoms with Crippen molar-refractivity contribution in [3.8, 4) is 0 Å². The lowest BCUT2D eigenvalue weighted by Crippen LogP contribution is -2.48. The maximum atomic E-state index is 11.9. The quantitative estimate of drug-likeness (QED) is 0.762. The molecule has 0 aliphatic carbocycles. The van der Waals surface area contributed by atoms with E-state index in [0.717, 1.165) is 39.3 Å². The number of piperazine rings is 1. The summed E-state index contributed by atoms with van der Waals surface area (Å²) in [6.07, 6.45) is 0. The predicted octanol–water partition coefficient (Wildman–Crippen LogP) is 1.56. The summed E-state index contributed by atoms with van der Waals surface area (Å²) in [5.41, 5.74) is 1.95. The van der Waals surface area contributed by atoms with Crippen LogP contribution in [0.25, 0.3) is 0 Å². The summed E-state index contributed by atoms with van der Waals surface area (Å²) in [6, 6.07) is 19.5. The number of hydrogen-bond donors (Lipinski definition) is 2. The van der Waals surface area contributed by atoms with Crippen LogP contribution in [0.15, 0.2) is 60.7 Å². The van der Waals surface area contributed by atoms with Gasteiger partial charge in [0.1, 0.15) is 0 Å². The van der Waals surface area contributed by atoms with E-state index in [2.05, 4.69) is 44.7 Å². The van der Waals surface area contributed by atoms with Crippen LogP contribution in [0.4, 0.5) is 5.69 Å². The lowest BCUT2D eigenvalue weighted by Gasteiger charge is -2.34. The number of nitrogens with one attached hydrogen (secondary N) is 2. The van der Waals surface area contributed by atoms with Gasteiger partial charge in [0.25, 0.3) is 0 Å². The van der Waals surface area contributed by atoms with Crippen LogP contribution in [0.1, 0.15) is 5.56 Å². The van der Waals surface area contributed by atoms with Crippen molar-refractivity contribution >= 4 is 17.5 Å². The standard InChI is InChI=1S/C21H26N4O2/c26-20(21(27)23-19-9-5-2-6-10-19)22-11-12-24-13-15-25(16-14-24)17-18-7-3-1-4-8-18/h1-10H,11-17H2,(H,22,26)(H,23,27). The molecule has 0 radical (unpaired) electrons. The monoisotopic (exact) mass is 366 g/mol. The number of amides is 2. The van der Waals surface area contributed by atoms with Gasteiger partial charge in [-0.1, -0.05) is 48.5 Å². The van der Waals surface area contributed by atoms with Crippen LogP contribution in [0.5, 0.6) is 0 Å². The van der Waals surface area contributed by atoms with Crippen molar-refractivity contribution in [2.75, 3.05) is 44.6 Å². The van der Waals surface area contributed by atoms with Crippen molar-refractivity contribution in [2.24, 2.45) is 0 Å². The van der Waals surface area contributed by atoms with Crippen molar-refractivity contribution in [1.82, 2.24) is 15.1 Å². The minimum Gasteiger partial charge on any atom is -0.347 e.